The van der Waals surface area contributed by atoms with Crippen LogP contribution in [0.3, 0.4) is 0 Å². The van der Waals surface area contributed by atoms with Crippen molar-refractivity contribution in [2.45, 2.75) is 23.9 Å². The minimum absolute atomic E-state index is 0.267. The fourth-order valence-corrected chi connectivity index (χ4v) is 3.77. The molecule has 31 heavy (non-hydrogen) atoms. The minimum Gasteiger partial charge on any atom is -0.321 e. The molecule has 1 fully saturated rings. The highest BCUT2D eigenvalue weighted by Gasteiger charge is 2.26. The van der Waals surface area contributed by atoms with Crippen molar-refractivity contribution in [1.82, 2.24) is 24.7 Å². The summed E-state index contributed by atoms with van der Waals surface area (Å²) < 4.78 is 2.10. The van der Waals surface area contributed by atoms with Crippen LogP contribution in [0.2, 0.25) is 0 Å². The lowest BCUT2D eigenvalue weighted by atomic mass is 10.1. The van der Waals surface area contributed by atoms with Crippen molar-refractivity contribution < 1.29 is 4.79 Å². The fraction of sp³-hybridized carbons (Fsp3) is 0.174. The average Bonchev–Trinajstić information content (AvgIpc) is 3.55. The number of amides is 1. The third-order valence-electron chi connectivity index (χ3n) is 5.16. The molecule has 7 nitrogen and oxygen atoms in total. The van der Waals surface area contributed by atoms with E-state index in [1.807, 2.05) is 54.9 Å². The highest BCUT2D eigenvalue weighted by molar-refractivity contribution is 7.98. The number of pyridine rings is 2. The van der Waals surface area contributed by atoms with Gasteiger partial charge in [0.2, 0.25) is 0 Å². The Hall–Kier alpha value is -3.52. The number of nitrogens with one attached hydrogen (secondary N) is 1. The van der Waals surface area contributed by atoms with Gasteiger partial charge in [0.15, 0.2) is 5.82 Å². The van der Waals surface area contributed by atoms with E-state index in [1.54, 1.807) is 30.4 Å². The molecule has 1 aliphatic rings. The molecule has 3 heterocycles. The quantitative estimate of drug-likeness (QED) is 0.448. The molecule has 0 bridgehead atoms. The molecule has 1 N–H and O–H groups in total. The molecule has 8 heteroatoms. The van der Waals surface area contributed by atoms with Gasteiger partial charge in [-0.25, -0.2) is 4.98 Å². The van der Waals surface area contributed by atoms with E-state index in [2.05, 4.69) is 30.0 Å². The van der Waals surface area contributed by atoms with E-state index < -0.39 is 0 Å². The zero-order chi connectivity index (χ0) is 21.2. The predicted molar refractivity (Wildman–Crippen MR) is 121 cm³/mol. The highest BCUT2D eigenvalue weighted by atomic mass is 32.2. The number of benzene rings is 1. The number of hydrogen-bond acceptors (Lipinski definition) is 6. The number of aromatic nitrogens is 5. The highest BCUT2D eigenvalue weighted by Crippen LogP contribution is 2.37. The third-order valence-corrected chi connectivity index (χ3v) is 5.82. The zero-order valence-corrected chi connectivity index (χ0v) is 17.7. The summed E-state index contributed by atoms with van der Waals surface area (Å²) in [5, 5.41) is 12.2. The number of nitrogens with zero attached hydrogens (tertiary/aromatic N) is 5. The topological polar surface area (TPSA) is 85.6 Å². The van der Waals surface area contributed by atoms with Crippen molar-refractivity contribution in [3.63, 3.8) is 0 Å². The maximum Gasteiger partial charge on any atom is 0.274 e. The lowest BCUT2D eigenvalue weighted by molar-refractivity contribution is 0.102. The monoisotopic (exact) mass is 428 g/mol. The van der Waals surface area contributed by atoms with Gasteiger partial charge in [-0.05, 0) is 55.0 Å². The van der Waals surface area contributed by atoms with Crippen LogP contribution in [0, 0.1) is 0 Å². The molecule has 0 atom stereocenters. The second-order valence-corrected chi connectivity index (χ2v) is 8.17. The van der Waals surface area contributed by atoms with E-state index in [0.717, 1.165) is 40.4 Å². The second kappa shape index (κ2) is 8.31. The Bertz CT molecular complexity index is 1230. The standard InChI is InChI=1S/C23H20N6OS/c1-31-21-8-5-17(13-25-21)15-9-10-24-20(12-15)23(30)27-18-4-2-3-16(11-18)22-28-26-14-29(22)19-6-7-19/h2-5,8-14,19H,6-7H2,1H3,(H,27,30). The Morgan fingerprint density at radius 3 is 2.74 bits per heavy atom. The first kappa shape index (κ1) is 19.4. The first-order valence-corrected chi connectivity index (χ1v) is 11.2. The number of carbonyl (C=O) groups excluding carboxylic acids is 1. The van der Waals surface area contributed by atoms with Gasteiger partial charge in [-0.1, -0.05) is 18.2 Å². The van der Waals surface area contributed by atoms with Gasteiger partial charge >= 0.3 is 0 Å². The van der Waals surface area contributed by atoms with Gasteiger partial charge in [-0.3, -0.25) is 9.78 Å². The third kappa shape index (κ3) is 4.20. The number of thioether (sulfide) groups is 1. The molecule has 1 saturated carbocycles. The first-order chi connectivity index (χ1) is 15.2. The summed E-state index contributed by atoms with van der Waals surface area (Å²) in [6.45, 7) is 0. The van der Waals surface area contributed by atoms with E-state index >= 15 is 0 Å². The zero-order valence-electron chi connectivity index (χ0n) is 16.9. The normalized spacial score (nSPS) is 13.2. The molecule has 1 aromatic carbocycles. The molecule has 1 amide bonds. The van der Waals surface area contributed by atoms with Gasteiger partial charge in [0.25, 0.3) is 5.91 Å². The summed E-state index contributed by atoms with van der Waals surface area (Å²) in [6.07, 6.45) is 9.51. The second-order valence-electron chi connectivity index (χ2n) is 7.35. The van der Waals surface area contributed by atoms with Crippen LogP contribution in [0.25, 0.3) is 22.5 Å². The maximum atomic E-state index is 12.9. The largest absolute Gasteiger partial charge is 0.321 e. The van der Waals surface area contributed by atoms with Gasteiger partial charge in [0.1, 0.15) is 12.0 Å². The molecule has 154 valence electrons. The van der Waals surface area contributed by atoms with E-state index in [4.69, 9.17) is 0 Å². The van der Waals surface area contributed by atoms with Crippen LogP contribution in [0.4, 0.5) is 5.69 Å². The molecule has 3 aromatic heterocycles. The molecule has 0 radical (unpaired) electrons. The first-order valence-electron chi connectivity index (χ1n) is 9.99. The van der Waals surface area contributed by atoms with E-state index in [0.29, 0.717) is 17.4 Å². The van der Waals surface area contributed by atoms with Gasteiger partial charge in [-0.15, -0.1) is 22.0 Å². The lowest BCUT2D eigenvalue weighted by Gasteiger charge is -2.09. The van der Waals surface area contributed by atoms with Crippen molar-refractivity contribution in [1.29, 1.82) is 0 Å². The van der Waals surface area contributed by atoms with Gasteiger partial charge < -0.3 is 9.88 Å². The molecule has 1 aliphatic carbocycles. The van der Waals surface area contributed by atoms with Crippen LogP contribution in [-0.2, 0) is 0 Å². The van der Waals surface area contributed by atoms with Gasteiger partial charge in [0.05, 0.1) is 5.03 Å². The summed E-state index contributed by atoms with van der Waals surface area (Å²) in [5.41, 5.74) is 3.79. The molecule has 0 saturated heterocycles. The summed E-state index contributed by atoms with van der Waals surface area (Å²) in [7, 11) is 0. The molecule has 5 rings (SSSR count). The van der Waals surface area contributed by atoms with Gasteiger partial charge in [0, 0.05) is 35.2 Å². The molecule has 0 aliphatic heterocycles. The summed E-state index contributed by atoms with van der Waals surface area (Å²) >= 11 is 1.59. The predicted octanol–water partition coefficient (Wildman–Crippen LogP) is 4.71. The molecule has 0 unspecified atom stereocenters. The Morgan fingerprint density at radius 2 is 1.97 bits per heavy atom. The van der Waals surface area contributed by atoms with Crippen molar-refractivity contribution in [2.24, 2.45) is 0 Å². The Kier molecular flexibility index (Phi) is 5.21. The Morgan fingerprint density at radius 1 is 1.06 bits per heavy atom. The number of rotatable bonds is 6. The summed E-state index contributed by atoms with van der Waals surface area (Å²) in [4.78, 5) is 21.5. The molecular formula is C23H20N6OS. The molecule has 0 spiro atoms. The summed E-state index contributed by atoms with van der Waals surface area (Å²) in [5.74, 6) is 0.552. The minimum atomic E-state index is -0.267. The SMILES string of the molecule is CSc1ccc(-c2ccnc(C(=O)Nc3cccc(-c4nncn4C4CC4)c3)c2)cn1. The van der Waals surface area contributed by atoms with Gasteiger partial charge in [-0.2, -0.15) is 0 Å². The van der Waals surface area contributed by atoms with Crippen LogP contribution >= 0.6 is 11.8 Å². The van der Waals surface area contributed by atoms with Crippen molar-refractivity contribution in [3.05, 3.63) is 72.9 Å². The van der Waals surface area contributed by atoms with Crippen molar-refractivity contribution in [3.8, 4) is 22.5 Å². The molecule has 4 aromatic rings. The summed E-state index contributed by atoms with van der Waals surface area (Å²) in [6, 6.07) is 15.7. The molecular weight excluding hydrogens is 408 g/mol. The Balaban J connectivity index is 1.36. The lowest BCUT2D eigenvalue weighted by Crippen LogP contribution is -2.13. The Labute approximate surface area is 184 Å². The maximum absolute atomic E-state index is 12.9. The van der Waals surface area contributed by atoms with Crippen molar-refractivity contribution >= 4 is 23.4 Å². The van der Waals surface area contributed by atoms with E-state index in [9.17, 15) is 4.79 Å². The van der Waals surface area contributed by atoms with Crippen LogP contribution < -0.4 is 5.32 Å². The average molecular weight is 429 g/mol. The van der Waals surface area contributed by atoms with Crippen LogP contribution in [-0.4, -0.2) is 36.9 Å². The smallest absolute Gasteiger partial charge is 0.274 e. The van der Waals surface area contributed by atoms with Crippen LogP contribution in [0.15, 0.2) is 72.3 Å². The fourth-order valence-electron chi connectivity index (χ4n) is 3.41. The number of hydrogen-bond donors (Lipinski definition) is 1. The van der Waals surface area contributed by atoms with Crippen LogP contribution in [0.1, 0.15) is 29.4 Å². The van der Waals surface area contributed by atoms with Crippen LogP contribution in [0.5, 0.6) is 0 Å². The van der Waals surface area contributed by atoms with Crippen molar-refractivity contribution in [2.75, 3.05) is 11.6 Å². The van der Waals surface area contributed by atoms with E-state index in [-0.39, 0.29) is 5.91 Å². The number of carbonyl (C=O) groups is 1. The number of anilines is 1. The van der Waals surface area contributed by atoms with E-state index in [1.165, 1.54) is 0 Å².